The van der Waals surface area contributed by atoms with Crippen LogP contribution < -0.4 is 0 Å². The van der Waals surface area contributed by atoms with Gasteiger partial charge in [-0.05, 0) is 19.9 Å². The molecule has 0 saturated heterocycles. The van der Waals surface area contributed by atoms with Crippen molar-refractivity contribution >= 4 is 0 Å². The minimum absolute atomic E-state index is 0.0155. The number of ether oxygens (including phenoxy) is 2. The molecule has 0 N–H and O–H groups in total. The summed E-state index contributed by atoms with van der Waals surface area (Å²) in [4.78, 5) is 0. The van der Waals surface area contributed by atoms with Gasteiger partial charge in [0.2, 0.25) is 0 Å². The Hall–Kier alpha value is -1.32. The average Bonchev–Trinajstić information content (AvgIpc) is 2.12. The zero-order valence-electron chi connectivity index (χ0n) is 8.30. The van der Waals surface area contributed by atoms with Crippen LogP contribution in [-0.4, -0.2) is 13.2 Å². The third-order valence-corrected chi connectivity index (χ3v) is 1.31. The number of alkyl halides is 2. The van der Waals surface area contributed by atoms with Crippen LogP contribution in [-0.2, 0) is 9.47 Å². The van der Waals surface area contributed by atoms with E-state index >= 15 is 0 Å². The molecule has 0 rings (SSSR count). The van der Waals surface area contributed by atoms with Crippen molar-refractivity contribution in [2.75, 3.05) is 6.61 Å². The molecule has 0 aliphatic carbocycles. The van der Waals surface area contributed by atoms with Crippen LogP contribution in [0.1, 0.15) is 13.8 Å². The van der Waals surface area contributed by atoms with E-state index in [1.54, 1.807) is 13.8 Å². The molecule has 0 saturated carbocycles. The van der Waals surface area contributed by atoms with Crippen molar-refractivity contribution in [1.82, 2.24) is 0 Å². The van der Waals surface area contributed by atoms with E-state index in [1.807, 2.05) is 0 Å². The lowest BCUT2D eigenvalue weighted by molar-refractivity contribution is -0.0959. The van der Waals surface area contributed by atoms with Crippen LogP contribution in [0.15, 0.2) is 36.3 Å². The lowest BCUT2D eigenvalue weighted by Crippen LogP contribution is -2.01. The first-order chi connectivity index (χ1) is 6.61. The molecule has 0 fully saturated rings. The summed E-state index contributed by atoms with van der Waals surface area (Å²) in [7, 11) is 0. The van der Waals surface area contributed by atoms with Crippen molar-refractivity contribution in [3.8, 4) is 0 Å². The molecule has 0 heterocycles. The smallest absolute Gasteiger partial charge is 0.387 e. The highest BCUT2D eigenvalue weighted by molar-refractivity contribution is 5.18. The van der Waals surface area contributed by atoms with Crippen LogP contribution in [0.25, 0.3) is 0 Å². The first kappa shape index (κ1) is 12.7. The lowest BCUT2D eigenvalue weighted by Gasteiger charge is -2.09. The predicted molar refractivity (Wildman–Crippen MR) is 50.8 cm³/mol. The molecule has 2 nitrogen and oxygen atoms in total. The third kappa shape index (κ3) is 5.35. The number of hydrogen-bond acceptors (Lipinski definition) is 2. The maximum Gasteiger partial charge on any atom is 0.387 e. The van der Waals surface area contributed by atoms with Crippen molar-refractivity contribution in [3.63, 3.8) is 0 Å². The van der Waals surface area contributed by atoms with Crippen molar-refractivity contribution < 1.29 is 18.3 Å². The number of hydrogen-bond donors (Lipinski definition) is 0. The van der Waals surface area contributed by atoms with Gasteiger partial charge in [0.1, 0.15) is 5.76 Å². The van der Waals surface area contributed by atoms with Gasteiger partial charge in [0, 0.05) is 0 Å². The van der Waals surface area contributed by atoms with Crippen LogP contribution in [0.4, 0.5) is 8.78 Å². The van der Waals surface area contributed by atoms with Crippen molar-refractivity contribution in [3.05, 3.63) is 36.3 Å². The summed E-state index contributed by atoms with van der Waals surface area (Å²) >= 11 is 0. The van der Waals surface area contributed by atoms with E-state index in [0.717, 1.165) is 0 Å². The topological polar surface area (TPSA) is 18.5 Å². The molecular weight excluding hydrogens is 190 g/mol. The average molecular weight is 204 g/mol. The fourth-order valence-corrected chi connectivity index (χ4v) is 0.779. The Bertz CT molecular complexity index is 232. The van der Waals surface area contributed by atoms with E-state index in [2.05, 4.69) is 11.3 Å². The van der Waals surface area contributed by atoms with E-state index in [4.69, 9.17) is 4.74 Å². The van der Waals surface area contributed by atoms with Crippen LogP contribution >= 0.6 is 0 Å². The zero-order valence-corrected chi connectivity index (χ0v) is 8.30. The summed E-state index contributed by atoms with van der Waals surface area (Å²) in [6, 6.07) is 0. The Morgan fingerprint density at radius 3 is 2.57 bits per heavy atom. The highest BCUT2D eigenvalue weighted by Crippen LogP contribution is 2.13. The van der Waals surface area contributed by atoms with Gasteiger partial charge in [-0.15, -0.1) is 0 Å². The molecule has 0 aliphatic heterocycles. The van der Waals surface area contributed by atoms with Gasteiger partial charge in [0.15, 0.2) is 5.76 Å². The fraction of sp³-hybridized carbons (Fsp3) is 0.400. The van der Waals surface area contributed by atoms with Gasteiger partial charge in [-0.1, -0.05) is 18.7 Å². The van der Waals surface area contributed by atoms with E-state index in [9.17, 15) is 8.78 Å². The normalized spacial score (nSPS) is 12.9. The Morgan fingerprint density at radius 2 is 2.14 bits per heavy atom. The van der Waals surface area contributed by atoms with E-state index in [0.29, 0.717) is 12.4 Å². The van der Waals surface area contributed by atoms with E-state index < -0.39 is 6.61 Å². The summed E-state index contributed by atoms with van der Waals surface area (Å²) in [6.45, 7) is 4.31. The molecule has 0 aliphatic rings. The van der Waals surface area contributed by atoms with Gasteiger partial charge in [-0.25, -0.2) is 0 Å². The third-order valence-electron chi connectivity index (χ3n) is 1.31. The number of halogens is 2. The Morgan fingerprint density at radius 1 is 1.50 bits per heavy atom. The molecule has 0 atom stereocenters. The molecule has 0 radical (unpaired) electrons. The summed E-state index contributed by atoms with van der Waals surface area (Å²) in [5, 5.41) is 0. The highest BCUT2D eigenvalue weighted by atomic mass is 19.3. The molecule has 14 heavy (non-hydrogen) atoms. The van der Waals surface area contributed by atoms with Gasteiger partial charge < -0.3 is 9.47 Å². The second kappa shape index (κ2) is 7.12. The van der Waals surface area contributed by atoms with E-state index in [-0.39, 0.29) is 5.76 Å². The minimum atomic E-state index is -2.85. The number of rotatable bonds is 6. The molecule has 80 valence electrons. The molecule has 0 aromatic rings. The monoisotopic (exact) mass is 204 g/mol. The number of allylic oxidation sites excluding steroid dienone is 4. The molecule has 4 heteroatoms. The summed E-state index contributed by atoms with van der Waals surface area (Å²) in [5.74, 6) is 0.340. The minimum Gasteiger partial charge on any atom is -0.495 e. The molecule has 0 aromatic carbocycles. The summed E-state index contributed by atoms with van der Waals surface area (Å²) in [6.07, 6.45) is 4.35. The Kier molecular flexibility index (Phi) is 6.45. The van der Waals surface area contributed by atoms with Gasteiger partial charge in [0.25, 0.3) is 0 Å². The largest absolute Gasteiger partial charge is 0.495 e. The van der Waals surface area contributed by atoms with Crippen LogP contribution in [0, 0.1) is 0 Å². The van der Waals surface area contributed by atoms with Gasteiger partial charge in [-0.2, -0.15) is 8.78 Å². The molecule has 0 aromatic heterocycles. The fourth-order valence-electron chi connectivity index (χ4n) is 0.779. The second-order valence-corrected chi connectivity index (χ2v) is 2.33. The molecule has 0 bridgehead atoms. The van der Waals surface area contributed by atoms with Crippen LogP contribution in [0.5, 0.6) is 0 Å². The van der Waals surface area contributed by atoms with Gasteiger partial charge >= 0.3 is 6.61 Å². The van der Waals surface area contributed by atoms with Gasteiger partial charge in [0.05, 0.1) is 6.61 Å². The first-order valence-corrected chi connectivity index (χ1v) is 4.19. The predicted octanol–water partition coefficient (Wildman–Crippen LogP) is 3.24. The SMILES string of the molecule is C=C/C=C\C(OC(F)F)=C(/C)OCC. The summed E-state index contributed by atoms with van der Waals surface area (Å²) < 4.78 is 33.2. The Labute approximate surface area is 82.5 Å². The quantitative estimate of drug-likeness (QED) is 0.488. The zero-order chi connectivity index (χ0) is 11.0. The van der Waals surface area contributed by atoms with E-state index in [1.165, 1.54) is 18.2 Å². The standard InChI is InChI=1S/C10H14F2O2/c1-4-6-7-9(14-10(11)12)8(3)13-5-2/h4,6-7,10H,1,5H2,2-3H3/b7-6-,9-8-. The first-order valence-electron chi connectivity index (χ1n) is 4.19. The molecular formula is C10H14F2O2. The molecule has 0 amide bonds. The van der Waals surface area contributed by atoms with Crippen molar-refractivity contribution in [1.29, 1.82) is 0 Å². The second-order valence-electron chi connectivity index (χ2n) is 2.33. The van der Waals surface area contributed by atoms with Crippen molar-refractivity contribution in [2.24, 2.45) is 0 Å². The maximum absolute atomic E-state index is 11.9. The molecule has 0 spiro atoms. The molecule has 0 unspecified atom stereocenters. The van der Waals surface area contributed by atoms with Crippen molar-refractivity contribution in [2.45, 2.75) is 20.5 Å². The maximum atomic E-state index is 11.9. The van der Waals surface area contributed by atoms with Gasteiger partial charge in [-0.3, -0.25) is 0 Å². The van der Waals surface area contributed by atoms with Crippen LogP contribution in [0.3, 0.4) is 0 Å². The summed E-state index contributed by atoms with van der Waals surface area (Å²) in [5.41, 5.74) is 0. The Balaban J connectivity index is 4.59. The lowest BCUT2D eigenvalue weighted by atomic mass is 10.3. The van der Waals surface area contributed by atoms with Crippen LogP contribution in [0.2, 0.25) is 0 Å². The highest BCUT2D eigenvalue weighted by Gasteiger charge is 2.08.